The van der Waals surface area contributed by atoms with Crippen molar-refractivity contribution in [2.45, 2.75) is 23.8 Å². The number of hydrogen-bond donors (Lipinski definition) is 1. The molecule has 2 fully saturated rings. The standard InChI is InChI=1S/C18H18N4O2S/c1-3-15(12-4-6-13(23-2)7-5-12)16(10-19)14(21)22-18(17(15,16)11-20)24-8-9-25-18/h4-7H,3,8-9H2,1-2H3,(H2,21,22)/t15-,16-,17+,18+/m0/s1. The molecule has 2 heterocycles. The summed E-state index contributed by atoms with van der Waals surface area (Å²) in [6.07, 6.45) is 0.586. The Labute approximate surface area is 150 Å². The summed E-state index contributed by atoms with van der Waals surface area (Å²) in [7, 11) is 1.60. The first-order valence-electron chi connectivity index (χ1n) is 8.16. The van der Waals surface area contributed by atoms with Gasteiger partial charge in [-0.05, 0) is 24.1 Å². The van der Waals surface area contributed by atoms with Gasteiger partial charge < -0.3 is 15.2 Å². The molecule has 1 aliphatic carbocycles. The minimum Gasteiger partial charge on any atom is -0.497 e. The van der Waals surface area contributed by atoms with E-state index in [4.69, 9.17) is 15.2 Å². The second-order valence-corrected chi connectivity index (χ2v) is 7.74. The van der Waals surface area contributed by atoms with E-state index < -0.39 is 21.3 Å². The highest BCUT2D eigenvalue weighted by atomic mass is 32.2. The number of nitrogens with two attached hydrogens (primary N) is 1. The molecule has 1 saturated carbocycles. The summed E-state index contributed by atoms with van der Waals surface area (Å²) in [5, 5.41) is 19.3. The third-order valence-electron chi connectivity index (χ3n) is 6.03. The molecular formula is C18H18N4O2S. The zero-order valence-electron chi connectivity index (χ0n) is 14.1. The average molecular weight is 354 g/mol. The summed E-state index contributed by atoms with van der Waals surface area (Å²) < 4.78 is 11.2. The number of fused-ring (bicyclic) bond motifs is 2. The Hall–Kier alpha value is -2.22. The zero-order valence-corrected chi connectivity index (χ0v) is 14.9. The second-order valence-electron chi connectivity index (χ2n) is 6.49. The summed E-state index contributed by atoms with van der Waals surface area (Å²) in [5.41, 5.74) is 4.13. The molecule has 4 rings (SSSR count). The van der Waals surface area contributed by atoms with E-state index in [0.717, 1.165) is 17.1 Å². The molecule has 25 heavy (non-hydrogen) atoms. The lowest BCUT2D eigenvalue weighted by Crippen LogP contribution is -2.39. The molecule has 4 atom stereocenters. The molecule has 0 amide bonds. The van der Waals surface area contributed by atoms with Crippen molar-refractivity contribution in [2.75, 3.05) is 19.5 Å². The van der Waals surface area contributed by atoms with Crippen LogP contribution in [0.3, 0.4) is 0 Å². The van der Waals surface area contributed by atoms with Crippen molar-refractivity contribution in [1.82, 2.24) is 0 Å². The fourth-order valence-corrected chi connectivity index (χ4v) is 6.45. The van der Waals surface area contributed by atoms with Crippen LogP contribution in [0.15, 0.2) is 29.3 Å². The molecule has 2 N–H and O–H groups in total. The first kappa shape index (κ1) is 16.3. The summed E-state index contributed by atoms with van der Waals surface area (Å²) in [5.74, 6) is 1.66. The second kappa shape index (κ2) is 4.91. The lowest BCUT2D eigenvalue weighted by Gasteiger charge is -2.31. The summed E-state index contributed by atoms with van der Waals surface area (Å²) in [6.45, 7) is 2.48. The van der Waals surface area contributed by atoms with Crippen molar-refractivity contribution in [3.05, 3.63) is 29.8 Å². The van der Waals surface area contributed by atoms with E-state index in [0.29, 0.717) is 13.0 Å². The monoisotopic (exact) mass is 354 g/mol. The third kappa shape index (κ3) is 1.37. The maximum absolute atomic E-state index is 10.3. The Balaban J connectivity index is 1.99. The van der Waals surface area contributed by atoms with Gasteiger partial charge in [-0.1, -0.05) is 30.8 Å². The molecule has 0 unspecified atom stereocenters. The molecule has 3 aliphatic rings. The van der Waals surface area contributed by atoms with Crippen molar-refractivity contribution in [3.63, 3.8) is 0 Å². The fraction of sp³-hybridized carbons (Fsp3) is 0.500. The third-order valence-corrected chi connectivity index (χ3v) is 7.31. The fourth-order valence-electron chi connectivity index (χ4n) is 5.08. The number of nitriles is 2. The van der Waals surface area contributed by atoms with E-state index >= 15 is 0 Å². The topological polar surface area (TPSA) is 104 Å². The largest absolute Gasteiger partial charge is 0.497 e. The molecule has 1 spiro atoms. The van der Waals surface area contributed by atoms with E-state index in [1.54, 1.807) is 7.11 Å². The first-order valence-corrected chi connectivity index (χ1v) is 9.15. The van der Waals surface area contributed by atoms with Crippen LogP contribution in [-0.4, -0.2) is 30.4 Å². The lowest BCUT2D eigenvalue weighted by atomic mass is 9.81. The Morgan fingerprint density at radius 3 is 2.52 bits per heavy atom. The number of aliphatic imine (C=N–C) groups is 1. The van der Waals surface area contributed by atoms with E-state index in [9.17, 15) is 10.5 Å². The van der Waals surface area contributed by atoms with Gasteiger partial charge in [0.15, 0.2) is 10.8 Å². The van der Waals surface area contributed by atoms with Crippen LogP contribution in [0.1, 0.15) is 18.9 Å². The van der Waals surface area contributed by atoms with Crippen molar-refractivity contribution >= 4 is 17.6 Å². The Bertz CT molecular complexity index is 849. The number of nitrogens with zero attached hydrogens (tertiary/aromatic N) is 3. The summed E-state index contributed by atoms with van der Waals surface area (Å²) in [4.78, 5) is 4.50. The van der Waals surface area contributed by atoms with Gasteiger partial charge in [-0.15, -0.1) is 0 Å². The smallest absolute Gasteiger partial charge is 0.231 e. The minimum absolute atomic E-state index is 0.212. The quantitative estimate of drug-likeness (QED) is 0.892. The van der Waals surface area contributed by atoms with Crippen molar-refractivity contribution in [3.8, 4) is 17.9 Å². The molecule has 7 heteroatoms. The highest BCUT2D eigenvalue weighted by molar-refractivity contribution is 8.00. The number of amidine groups is 1. The number of hydrogen-bond acceptors (Lipinski definition) is 7. The predicted octanol–water partition coefficient (Wildman–Crippen LogP) is 2.16. The van der Waals surface area contributed by atoms with Crippen LogP contribution in [0.4, 0.5) is 0 Å². The first-order chi connectivity index (χ1) is 12.1. The van der Waals surface area contributed by atoms with Crippen LogP contribution in [0, 0.1) is 33.5 Å². The van der Waals surface area contributed by atoms with E-state index in [2.05, 4.69) is 17.1 Å². The zero-order chi connectivity index (χ0) is 17.9. The van der Waals surface area contributed by atoms with Crippen LogP contribution in [0.25, 0.3) is 0 Å². The van der Waals surface area contributed by atoms with Crippen LogP contribution in [0.5, 0.6) is 5.75 Å². The lowest BCUT2D eigenvalue weighted by molar-refractivity contribution is 0.0137. The van der Waals surface area contributed by atoms with Crippen molar-refractivity contribution in [2.24, 2.45) is 21.6 Å². The van der Waals surface area contributed by atoms with Gasteiger partial charge in [0.25, 0.3) is 0 Å². The van der Waals surface area contributed by atoms with E-state index in [-0.39, 0.29) is 5.84 Å². The van der Waals surface area contributed by atoms with Gasteiger partial charge >= 0.3 is 0 Å². The van der Waals surface area contributed by atoms with Crippen LogP contribution >= 0.6 is 11.8 Å². The minimum atomic E-state index is -1.17. The van der Waals surface area contributed by atoms with Crippen molar-refractivity contribution in [1.29, 1.82) is 10.5 Å². The van der Waals surface area contributed by atoms with Crippen LogP contribution in [-0.2, 0) is 10.2 Å². The molecule has 0 radical (unpaired) electrons. The van der Waals surface area contributed by atoms with Gasteiger partial charge in [-0.25, -0.2) is 4.99 Å². The molecular weight excluding hydrogens is 336 g/mol. The van der Waals surface area contributed by atoms with Gasteiger partial charge in [0.1, 0.15) is 11.6 Å². The molecule has 1 saturated heterocycles. The molecule has 0 bridgehead atoms. The van der Waals surface area contributed by atoms with Gasteiger partial charge in [0.05, 0.1) is 25.9 Å². The summed E-state index contributed by atoms with van der Waals surface area (Å²) >= 11 is 1.48. The predicted molar refractivity (Wildman–Crippen MR) is 93.8 cm³/mol. The number of methoxy groups -OCH3 is 1. The molecule has 2 aliphatic heterocycles. The average Bonchev–Trinajstić information content (AvgIpc) is 2.85. The molecule has 6 nitrogen and oxygen atoms in total. The summed E-state index contributed by atoms with van der Waals surface area (Å²) in [6, 6.07) is 12.3. The highest BCUT2D eigenvalue weighted by Gasteiger charge is 3.00. The van der Waals surface area contributed by atoms with E-state index in [1.165, 1.54) is 11.8 Å². The maximum atomic E-state index is 10.3. The molecule has 1 aromatic carbocycles. The van der Waals surface area contributed by atoms with Gasteiger partial charge in [0, 0.05) is 11.2 Å². The number of thioether (sulfide) groups is 1. The van der Waals surface area contributed by atoms with Crippen LogP contribution in [0.2, 0.25) is 0 Å². The van der Waals surface area contributed by atoms with E-state index in [1.807, 2.05) is 31.2 Å². The SMILES string of the molecule is CC[C@]1(c2ccc(OC)cc2)[C@]2(C#N)C(N)=N[C@@]3(OCCS3)[C@@]21C#N. The number of benzene rings is 1. The maximum Gasteiger partial charge on any atom is 0.231 e. The number of rotatable bonds is 3. The normalized spacial score (nSPS) is 40.9. The molecule has 128 valence electrons. The number of ether oxygens (including phenoxy) is 2. The van der Waals surface area contributed by atoms with Gasteiger partial charge in [-0.3, -0.25) is 0 Å². The molecule has 0 aromatic heterocycles. The van der Waals surface area contributed by atoms with Gasteiger partial charge in [0.2, 0.25) is 5.06 Å². The highest BCUT2D eigenvalue weighted by Crippen LogP contribution is 2.88. The molecule has 1 aromatic rings. The van der Waals surface area contributed by atoms with Gasteiger partial charge in [-0.2, -0.15) is 10.5 Å². The van der Waals surface area contributed by atoms with Crippen LogP contribution < -0.4 is 10.5 Å². The Morgan fingerprint density at radius 1 is 1.32 bits per heavy atom. The van der Waals surface area contributed by atoms with Crippen molar-refractivity contribution < 1.29 is 9.47 Å². The Kier molecular flexibility index (Phi) is 3.19. The Morgan fingerprint density at radius 2 is 2.04 bits per heavy atom.